The Morgan fingerprint density at radius 1 is 1.03 bits per heavy atom. The fourth-order valence-electron chi connectivity index (χ4n) is 3.43. The maximum Gasteiger partial charge on any atom is 0.286 e. The van der Waals surface area contributed by atoms with Gasteiger partial charge in [0.05, 0.1) is 9.83 Å². The lowest BCUT2D eigenvalue weighted by molar-refractivity contribution is -0.384. The molecule has 2 aliphatic rings. The number of hydrogen-bond donors (Lipinski definition) is 0. The minimum atomic E-state index is -0.440. The van der Waals surface area contributed by atoms with E-state index in [0.717, 1.165) is 36.9 Å². The van der Waals surface area contributed by atoms with Crippen LogP contribution in [0.3, 0.4) is 0 Å². The Labute approximate surface area is 172 Å². The first-order valence-electron chi connectivity index (χ1n) is 9.34. The van der Waals surface area contributed by atoms with Gasteiger partial charge in [-0.05, 0) is 54.1 Å². The van der Waals surface area contributed by atoms with Crippen molar-refractivity contribution in [3.63, 3.8) is 0 Å². The highest BCUT2D eigenvalue weighted by Gasteiger charge is 2.28. The maximum atomic E-state index is 12.3. The van der Waals surface area contributed by atoms with Gasteiger partial charge in [0.15, 0.2) is 5.17 Å². The Kier molecular flexibility index (Phi) is 5.35. The summed E-state index contributed by atoms with van der Waals surface area (Å²) in [5, 5.41) is 11.5. The number of nitro groups is 1. The zero-order valence-electron chi connectivity index (χ0n) is 15.9. The fraction of sp³-hybridized carbons (Fsp3) is 0.238. The van der Waals surface area contributed by atoms with E-state index in [1.807, 2.05) is 6.07 Å². The Bertz CT molecular complexity index is 1010. The number of benzene rings is 2. The van der Waals surface area contributed by atoms with Crippen molar-refractivity contribution in [1.82, 2.24) is 4.90 Å². The fourth-order valence-corrected chi connectivity index (χ4v) is 4.40. The number of piperazine rings is 1. The predicted octanol–water partition coefficient (Wildman–Crippen LogP) is 3.70. The van der Waals surface area contributed by atoms with E-state index in [0.29, 0.717) is 4.91 Å². The number of rotatable bonds is 3. The first-order chi connectivity index (χ1) is 14.0. The molecule has 0 spiro atoms. The van der Waals surface area contributed by atoms with Crippen molar-refractivity contribution in [1.29, 1.82) is 0 Å². The van der Waals surface area contributed by atoms with Crippen molar-refractivity contribution in [2.75, 3.05) is 31.1 Å². The number of nitro benzene ring substituents is 1. The molecule has 0 atom stereocenters. The number of aryl methyl sites for hydroxylation is 1. The molecule has 1 saturated heterocycles. The highest BCUT2D eigenvalue weighted by Crippen LogP contribution is 2.31. The van der Waals surface area contributed by atoms with E-state index in [9.17, 15) is 14.9 Å². The number of amidine groups is 1. The number of carbonyl (C=O) groups is 1. The van der Waals surface area contributed by atoms with E-state index >= 15 is 0 Å². The summed E-state index contributed by atoms with van der Waals surface area (Å²) in [6.07, 6.45) is 1.73. The van der Waals surface area contributed by atoms with Crippen LogP contribution in [0.25, 0.3) is 6.08 Å². The van der Waals surface area contributed by atoms with Gasteiger partial charge in [-0.25, -0.2) is 0 Å². The summed E-state index contributed by atoms with van der Waals surface area (Å²) in [6.45, 7) is 5.48. The van der Waals surface area contributed by atoms with Crippen LogP contribution < -0.4 is 4.90 Å². The third-order valence-electron chi connectivity index (χ3n) is 5.02. The normalized spacial score (nSPS) is 18.3. The van der Waals surface area contributed by atoms with Gasteiger partial charge in [-0.2, -0.15) is 4.99 Å². The average Bonchev–Trinajstić information content (AvgIpc) is 3.09. The quantitative estimate of drug-likeness (QED) is 0.438. The van der Waals surface area contributed by atoms with Crippen LogP contribution in [-0.2, 0) is 4.79 Å². The standard InChI is InChI=1S/C21H20N4O3S/c1-15-4-2-3-5-18(15)23-10-12-24(13-11-23)21-22-20(26)19(29-21)14-16-6-8-17(9-7-16)25(27)28/h2-9,14H,10-13H2,1H3. The summed E-state index contributed by atoms with van der Waals surface area (Å²) in [5.41, 5.74) is 3.29. The van der Waals surface area contributed by atoms with E-state index in [2.05, 4.69) is 39.9 Å². The second-order valence-corrected chi connectivity index (χ2v) is 7.93. The van der Waals surface area contributed by atoms with E-state index in [4.69, 9.17) is 0 Å². The number of nitrogens with zero attached hydrogens (tertiary/aromatic N) is 4. The molecule has 8 heteroatoms. The Hall–Kier alpha value is -3.13. The van der Waals surface area contributed by atoms with E-state index in [-0.39, 0.29) is 11.6 Å². The molecule has 2 aromatic carbocycles. The Morgan fingerprint density at radius 3 is 2.34 bits per heavy atom. The molecule has 0 aliphatic carbocycles. The van der Waals surface area contributed by atoms with Crippen LogP contribution in [0.5, 0.6) is 0 Å². The lowest BCUT2D eigenvalue weighted by Gasteiger charge is -2.37. The predicted molar refractivity (Wildman–Crippen MR) is 116 cm³/mol. The zero-order valence-corrected chi connectivity index (χ0v) is 16.8. The molecule has 29 heavy (non-hydrogen) atoms. The van der Waals surface area contributed by atoms with E-state index in [1.165, 1.54) is 35.1 Å². The van der Waals surface area contributed by atoms with Gasteiger partial charge in [0, 0.05) is 44.0 Å². The van der Waals surface area contributed by atoms with Crippen molar-refractivity contribution >= 4 is 40.3 Å². The molecular weight excluding hydrogens is 388 g/mol. The topological polar surface area (TPSA) is 79.0 Å². The average molecular weight is 408 g/mol. The van der Waals surface area contributed by atoms with Gasteiger partial charge in [0.25, 0.3) is 11.6 Å². The van der Waals surface area contributed by atoms with Crippen molar-refractivity contribution in [3.8, 4) is 0 Å². The zero-order chi connectivity index (χ0) is 20.4. The molecule has 2 aromatic rings. The van der Waals surface area contributed by atoms with Crippen molar-refractivity contribution in [3.05, 3.63) is 74.7 Å². The third kappa shape index (κ3) is 4.17. The molecule has 2 aliphatic heterocycles. The summed E-state index contributed by atoms with van der Waals surface area (Å²) >= 11 is 1.37. The van der Waals surface area contributed by atoms with Gasteiger partial charge in [-0.1, -0.05) is 18.2 Å². The number of amides is 1. The molecule has 0 radical (unpaired) electrons. The molecule has 0 bridgehead atoms. The molecule has 0 unspecified atom stereocenters. The minimum Gasteiger partial charge on any atom is -0.368 e. The van der Waals surface area contributed by atoms with Crippen molar-refractivity contribution in [2.24, 2.45) is 4.99 Å². The van der Waals surface area contributed by atoms with Crippen LogP contribution in [0.2, 0.25) is 0 Å². The van der Waals surface area contributed by atoms with Gasteiger partial charge in [0.1, 0.15) is 0 Å². The molecule has 148 valence electrons. The van der Waals surface area contributed by atoms with Crippen LogP contribution >= 0.6 is 11.8 Å². The van der Waals surface area contributed by atoms with Gasteiger partial charge < -0.3 is 9.80 Å². The highest BCUT2D eigenvalue weighted by molar-refractivity contribution is 8.18. The smallest absolute Gasteiger partial charge is 0.286 e. The number of anilines is 1. The van der Waals surface area contributed by atoms with Gasteiger partial charge >= 0.3 is 0 Å². The van der Waals surface area contributed by atoms with Crippen LogP contribution in [0.1, 0.15) is 11.1 Å². The summed E-state index contributed by atoms with van der Waals surface area (Å²) in [6, 6.07) is 14.5. The number of carbonyl (C=O) groups excluding carboxylic acids is 1. The molecular formula is C21H20N4O3S. The Balaban J connectivity index is 1.40. The SMILES string of the molecule is Cc1ccccc1N1CCN(C2=NC(=O)C(=Cc3ccc([N+](=O)[O-])cc3)S2)CC1. The lowest BCUT2D eigenvalue weighted by atomic mass is 10.1. The van der Waals surface area contributed by atoms with Crippen LogP contribution in [0.4, 0.5) is 11.4 Å². The number of para-hydroxylation sites is 1. The first-order valence-corrected chi connectivity index (χ1v) is 10.2. The molecule has 0 aromatic heterocycles. The molecule has 4 rings (SSSR count). The van der Waals surface area contributed by atoms with E-state index in [1.54, 1.807) is 18.2 Å². The monoisotopic (exact) mass is 408 g/mol. The summed E-state index contributed by atoms with van der Waals surface area (Å²) in [5.74, 6) is -0.260. The molecule has 1 amide bonds. The largest absolute Gasteiger partial charge is 0.368 e. The maximum absolute atomic E-state index is 12.3. The first kappa shape index (κ1) is 19.2. The van der Waals surface area contributed by atoms with Gasteiger partial charge in [-0.3, -0.25) is 14.9 Å². The molecule has 0 saturated carbocycles. The molecule has 7 nitrogen and oxygen atoms in total. The molecule has 1 fully saturated rings. The summed E-state index contributed by atoms with van der Waals surface area (Å²) in [4.78, 5) is 31.9. The number of thioether (sulfide) groups is 1. The number of hydrogen-bond acceptors (Lipinski definition) is 6. The highest BCUT2D eigenvalue weighted by atomic mass is 32.2. The van der Waals surface area contributed by atoms with Crippen molar-refractivity contribution < 1.29 is 9.72 Å². The summed E-state index contributed by atoms with van der Waals surface area (Å²) < 4.78 is 0. The van der Waals surface area contributed by atoms with Crippen molar-refractivity contribution in [2.45, 2.75) is 6.92 Å². The van der Waals surface area contributed by atoms with Gasteiger partial charge in [-0.15, -0.1) is 0 Å². The van der Waals surface area contributed by atoms with Crippen LogP contribution in [0, 0.1) is 17.0 Å². The van der Waals surface area contributed by atoms with E-state index < -0.39 is 4.92 Å². The third-order valence-corrected chi connectivity index (χ3v) is 6.06. The van der Waals surface area contributed by atoms with Gasteiger partial charge in [0.2, 0.25) is 0 Å². The van der Waals surface area contributed by atoms with Crippen LogP contribution in [-0.4, -0.2) is 47.1 Å². The second kappa shape index (κ2) is 8.08. The molecule has 0 N–H and O–H groups in total. The lowest BCUT2D eigenvalue weighted by Crippen LogP contribution is -2.48. The second-order valence-electron chi connectivity index (χ2n) is 6.92. The molecule has 2 heterocycles. The number of non-ortho nitro benzene ring substituents is 1. The minimum absolute atomic E-state index is 0.0287. The Morgan fingerprint density at radius 2 is 1.69 bits per heavy atom. The summed E-state index contributed by atoms with van der Waals surface area (Å²) in [7, 11) is 0. The number of aliphatic imine (C=N–C) groups is 1. The van der Waals surface area contributed by atoms with Crippen LogP contribution in [0.15, 0.2) is 58.4 Å².